The number of alkyl halides is 1. The van der Waals surface area contributed by atoms with Crippen molar-refractivity contribution in [3.05, 3.63) is 39.9 Å². The second kappa shape index (κ2) is 8.17. The van der Waals surface area contributed by atoms with Gasteiger partial charge in [-0.3, -0.25) is 20.3 Å². The number of hydrazine groups is 1. The monoisotopic (exact) mass is 349 g/mol. The number of nitrogens with zero attached hydrogens (tertiary/aromatic N) is 2. The van der Waals surface area contributed by atoms with Crippen molar-refractivity contribution in [3.63, 3.8) is 0 Å². The van der Waals surface area contributed by atoms with Crippen LogP contribution in [0.15, 0.2) is 24.3 Å². The molecule has 0 spiro atoms. The summed E-state index contributed by atoms with van der Waals surface area (Å²) >= 11 is 11.7. The van der Waals surface area contributed by atoms with Crippen LogP contribution in [0.25, 0.3) is 0 Å². The zero-order chi connectivity index (χ0) is 16.8. The van der Waals surface area contributed by atoms with E-state index < -0.39 is 22.9 Å². The number of hydrogen-bond donors (Lipinski definition) is 1. The molecule has 0 bridgehead atoms. The normalized spacial score (nSPS) is 13.5. The van der Waals surface area contributed by atoms with Crippen LogP contribution in [0.1, 0.15) is 24.2 Å². The Bertz CT molecular complexity index is 527. The molecular formula is C13H17Cl2N3O4. The predicted octanol–water partition coefficient (Wildman–Crippen LogP) is 2.46. The molecule has 0 saturated heterocycles. The van der Waals surface area contributed by atoms with Crippen LogP contribution in [0, 0.1) is 10.1 Å². The van der Waals surface area contributed by atoms with Gasteiger partial charge in [-0.15, -0.1) is 16.1 Å². The van der Waals surface area contributed by atoms with Crippen molar-refractivity contribution >= 4 is 29.3 Å². The summed E-state index contributed by atoms with van der Waals surface area (Å²) in [6.07, 6.45) is 0. The number of nitrogens with one attached hydrogen (secondary N) is 1. The predicted molar refractivity (Wildman–Crippen MR) is 83.8 cm³/mol. The minimum Gasteiger partial charge on any atom is -0.494 e. The van der Waals surface area contributed by atoms with Gasteiger partial charge in [0.15, 0.2) is 0 Å². The molecule has 1 atom stereocenters. The van der Waals surface area contributed by atoms with Gasteiger partial charge in [-0.2, -0.15) is 0 Å². The Morgan fingerprint density at radius 3 is 2.50 bits per heavy atom. The molecule has 0 aliphatic heterocycles. The second-order valence-electron chi connectivity index (χ2n) is 4.80. The van der Waals surface area contributed by atoms with E-state index in [1.807, 2.05) is 6.92 Å². The molecule has 1 unspecified atom stereocenters. The second-order valence-corrected chi connectivity index (χ2v) is 5.41. The first kappa shape index (κ1) is 18.5. The third-order valence-corrected chi connectivity index (χ3v) is 3.93. The number of halogens is 2. The molecule has 0 radical (unpaired) electrons. The van der Waals surface area contributed by atoms with E-state index in [0.29, 0.717) is 17.9 Å². The summed E-state index contributed by atoms with van der Waals surface area (Å²) < 4.78 is 6.13. The highest BCUT2D eigenvalue weighted by Crippen LogP contribution is 2.19. The van der Waals surface area contributed by atoms with Gasteiger partial charge in [-0.05, 0) is 38.1 Å². The molecule has 1 rings (SSSR count). The molecule has 0 heterocycles. The van der Waals surface area contributed by atoms with Crippen molar-refractivity contribution in [1.82, 2.24) is 9.95 Å². The quantitative estimate of drug-likeness (QED) is 0.337. The van der Waals surface area contributed by atoms with E-state index in [0.717, 1.165) is 4.53 Å². The zero-order valence-electron chi connectivity index (χ0n) is 12.2. The topological polar surface area (TPSA) is 84.7 Å². The Labute approximate surface area is 138 Å². The fourth-order valence-corrected chi connectivity index (χ4v) is 2.05. The summed E-state index contributed by atoms with van der Waals surface area (Å²) in [6, 6.07) is 6.43. The van der Waals surface area contributed by atoms with Crippen molar-refractivity contribution in [3.8, 4) is 5.75 Å². The lowest BCUT2D eigenvalue weighted by Gasteiger charge is -2.30. The summed E-state index contributed by atoms with van der Waals surface area (Å²) in [4.78, 5) is 22.2. The van der Waals surface area contributed by atoms with E-state index in [4.69, 9.17) is 28.1 Å². The molecule has 9 heteroatoms. The maximum atomic E-state index is 12.1. The van der Waals surface area contributed by atoms with Gasteiger partial charge >= 0.3 is 0 Å². The number of ether oxygens (including phenoxy) is 1. The highest BCUT2D eigenvalue weighted by atomic mass is 35.5. The number of rotatable bonds is 8. The van der Waals surface area contributed by atoms with Crippen molar-refractivity contribution < 1.29 is 14.5 Å². The van der Waals surface area contributed by atoms with Crippen LogP contribution < -0.4 is 10.2 Å². The Kier molecular flexibility index (Phi) is 6.86. The molecule has 0 aromatic heterocycles. The highest BCUT2D eigenvalue weighted by molar-refractivity contribution is 6.20. The van der Waals surface area contributed by atoms with Gasteiger partial charge in [-0.1, -0.05) is 0 Å². The molecule has 0 saturated carbocycles. The number of carbonyl (C=O) groups is 1. The fraction of sp³-hybridized carbons (Fsp3) is 0.462. The standard InChI is InChI=1S/C13H17Cl2N3O4/c1-3-22-11-6-4-10(5-7-11)12(19)16-18(15)13(2,8-14)9-17(20)21/h4-7H,3,8-9H2,1-2H3,(H,16,19). The minimum atomic E-state index is -1.21. The Balaban J connectivity index is 2.75. The number of amides is 1. The van der Waals surface area contributed by atoms with E-state index in [9.17, 15) is 14.9 Å². The minimum absolute atomic E-state index is 0.124. The molecule has 0 aliphatic carbocycles. The third-order valence-electron chi connectivity index (χ3n) is 2.86. The van der Waals surface area contributed by atoms with Gasteiger partial charge in [0.05, 0.1) is 12.5 Å². The van der Waals surface area contributed by atoms with Gasteiger partial charge in [0.1, 0.15) is 11.3 Å². The van der Waals surface area contributed by atoms with Crippen LogP contribution in [0.3, 0.4) is 0 Å². The van der Waals surface area contributed by atoms with Crippen molar-refractivity contribution in [1.29, 1.82) is 0 Å². The van der Waals surface area contributed by atoms with Crippen molar-refractivity contribution in [2.75, 3.05) is 19.0 Å². The number of nitro groups is 1. The van der Waals surface area contributed by atoms with Crippen LogP contribution in [0.5, 0.6) is 5.75 Å². The van der Waals surface area contributed by atoms with E-state index in [2.05, 4.69) is 5.43 Å². The molecule has 1 aromatic rings. The van der Waals surface area contributed by atoms with Crippen LogP contribution in [0.2, 0.25) is 0 Å². The van der Waals surface area contributed by atoms with Gasteiger partial charge in [0.25, 0.3) is 5.91 Å². The molecule has 0 aliphatic rings. The van der Waals surface area contributed by atoms with E-state index in [-0.39, 0.29) is 5.88 Å². The van der Waals surface area contributed by atoms with Crippen LogP contribution in [-0.4, -0.2) is 39.9 Å². The molecule has 1 aromatic carbocycles. The maximum Gasteiger partial charge on any atom is 0.266 e. The van der Waals surface area contributed by atoms with Gasteiger partial charge < -0.3 is 4.74 Å². The van der Waals surface area contributed by atoms with Crippen LogP contribution in [-0.2, 0) is 0 Å². The number of benzene rings is 1. The fourth-order valence-electron chi connectivity index (χ4n) is 1.59. The Morgan fingerprint density at radius 1 is 1.45 bits per heavy atom. The number of hydrogen-bond acceptors (Lipinski definition) is 5. The van der Waals surface area contributed by atoms with E-state index in [1.54, 1.807) is 24.3 Å². The average Bonchev–Trinajstić information content (AvgIpc) is 2.47. The Morgan fingerprint density at radius 2 is 2.05 bits per heavy atom. The molecule has 0 fully saturated rings. The first-order chi connectivity index (χ1) is 10.3. The molecule has 122 valence electrons. The summed E-state index contributed by atoms with van der Waals surface area (Å²) in [7, 11) is 0. The SMILES string of the molecule is CCOc1ccc(C(=O)NN(Cl)C(C)(CCl)C[N+](=O)[O-])cc1. The van der Waals surface area contributed by atoms with Gasteiger partial charge in [0.2, 0.25) is 6.54 Å². The van der Waals surface area contributed by atoms with Crippen LogP contribution in [0.4, 0.5) is 0 Å². The lowest BCUT2D eigenvalue weighted by atomic mass is 10.1. The molecular weight excluding hydrogens is 333 g/mol. The van der Waals surface area contributed by atoms with Gasteiger partial charge in [-0.25, -0.2) is 0 Å². The lowest BCUT2D eigenvalue weighted by molar-refractivity contribution is -0.492. The molecule has 1 amide bonds. The summed E-state index contributed by atoms with van der Waals surface area (Å²) in [6.45, 7) is 3.35. The van der Waals surface area contributed by atoms with Gasteiger partial charge in [0, 0.05) is 22.3 Å². The summed E-state index contributed by atoms with van der Waals surface area (Å²) in [5, 5.41) is 10.7. The van der Waals surface area contributed by atoms with Crippen molar-refractivity contribution in [2.45, 2.75) is 19.4 Å². The highest BCUT2D eigenvalue weighted by Gasteiger charge is 2.37. The van der Waals surface area contributed by atoms with E-state index in [1.165, 1.54) is 6.92 Å². The zero-order valence-corrected chi connectivity index (χ0v) is 13.7. The lowest BCUT2D eigenvalue weighted by Crippen LogP contribution is -2.55. The smallest absolute Gasteiger partial charge is 0.266 e. The third kappa shape index (κ3) is 5.01. The maximum absolute atomic E-state index is 12.1. The summed E-state index contributed by atoms with van der Waals surface area (Å²) in [5.41, 5.74) is 1.50. The summed E-state index contributed by atoms with van der Waals surface area (Å²) in [5.74, 6) is 0.0135. The number of carbonyl (C=O) groups excluding carboxylic acids is 1. The Hall–Kier alpha value is -1.57. The molecule has 22 heavy (non-hydrogen) atoms. The largest absolute Gasteiger partial charge is 0.494 e. The van der Waals surface area contributed by atoms with Crippen LogP contribution >= 0.6 is 23.4 Å². The first-order valence-corrected chi connectivity index (χ1v) is 7.37. The average molecular weight is 350 g/mol. The molecule has 1 N–H and O–H groups in total. The first-order valence-electron chi connectivity index (χ1n) is 6.50. The molecule has 7 nitrogen and oxygen atoms in total. The van der Waals surface area contributed by atoms with E-state index >= 15 is 0 Å². The van der Waals surface area contributed by atoms with Crippen molar-refractivity contribution in [2.24, 2.45) is 0 Å².